The third kappa shape index (κ3) is 5.06. The molecule has 1 atom stereocenters. The lowest BCUT2D eigenvalue weighted by Crippen LogP contribution is -2.35. The lowest BCUT2D eigenvalue weighted by Gasteiger charge is -2.25. The fourth-order valence-electron chi connectivity index (χ4n) is 3.87. The lowest BCUT2D eigenvalue weighted by molar-refractivity contribution is -0.123. The molecule has 4 rings (SSSR count). The summed E-state index contributed by atoms with van der Waals surface area (Å²) in [6.07, 6.45) is 4.63. The molecule has 0 radical (unpaired) electrons. The van der Waals surface area contributed by atoms with Gasteiger partial charge in [-0.3, -0.25) is 9.59 Å². The van der Waals surface area contributed by atoms with Gasteiger partial charge < -0.3 is 19.7 Å². The summed E-state index contributed by atoms with van der Waals surface area (Å²) in [6.45, 7) is 1.62. The summed E-state index contributed by atoms with van der Waals surface area (Å²) in [6, 6.07) is 16.7. The number of rotatable bonds is 7. The zero-order valence-electron chi connectivity index (χ0n) is 17.9. The first-order chi connectivity index (χ1) is 15.7. The van der Waals surface area contributed by atoms with Crippen molar-refractivity contribution in [3.8, 4) is 11.5 Å². The topological polar surface area (TPSA) is 95.7 Å². The first-order valence-corrected chi connectivity index (χ1v) is 10.9. The second-order valence-electron chi connectivity index (χ2n) is 7.95. The summed E-state index contributed by atoms with van der Waals surface area (Å²) in [7, 11) is 0. The highest BCUT2D eigenvalue weighted by atomic mass is 16.3. The maximum absolute atomic E-state index is 12.6. The summed E-state index contributed by atoms with van der Waals surface area (Å²) in [5, 5.41) is 12.5. The zero-order valence-corrected chi connectivity index (χ0v) is 17.9. The van der Waals surface area contributed by atoms with Gasteiger partial charge in [0.15, 0.2) is 5.69 Å². The Hall–Kier alpha value is -3.45. The van der Waals surface area contributed by atoms with E-state index in [1.54, 1.807) is 0 Å². The van der Waals surface area contributed by atoms with Crippen molar-refractivity contribution in [2.45, 2.75) is 31.7 Å². The number of carbonyl (C=O) groups is 2. The number of aliphatic hydroxyl groups is 1. The predicted octanol–water partition coefficient (Wildman–Crippen LogP) is 3.36. The monoisotopic (exact) mass is 433 g/mol. The van der Waals surface area contributed by atoms with E-state index in [0.29, 0.717) is 18.1 Å². The number of carbonyl (C=O) groups excluding carboxylic acids is 2. The van der Waals surface area contributed by atoms with Gasteiger partial charge in [0.25, 0.3) is 5.91 Å². The molecule has 0 saturated carbocycles. The van der Waals surface area contributed by atoms with Gasteiger partial charge in [0.2, 0.25) is 11.8 Å². The molecular weight excluding hydrogens is 406 g/mol. The number of benzene rings is 2. The Morgan fingerprint density at radius 3 is 2.44 bits per heavy atom. The molecule has 1 aromatic heterocycles. The predicted molar refractivity (Wildman–Crippen MR) is 120 cm³/mol. The van der Waals surface area contributed by atoms with Crippen LogP contribution in [0.25, 0.3) is 11.5 Å². The second kappa shape index (κ2) is 10.2. The molecule has 0 spiro atoms. The van der Waals surface area contributed by atoms with Crippen molar-refractivity contribution in [1.82, 2.24) is 15.2 Å². The zero-order chi connectivity index (χ0) is 22.3. The van der Waals surface area contributed by atoms with E-state index in [0.717, 1.165) is 49.0 Å². The summed E-state index contributed by atoms with van der Waals surface area (Å²) in [5.74, 6) is -0.517. The number of aliphatic hydroxyl groups excluding tert-OH is 1. The summed E-state index contributed by atoms with van der Waals surface area (Å²) >= 11 is 0. The molecule has 2 heterocycles. The molecule has 1 fully saturated rings. The maximum atomic E-state index is 12.6. The molecule has 1 aliphatic heterocycles. The van der Waals surface area contributed by atoms with E-state index in [1.165, 1.54) is 6.26 Å². The second-order valence-corrected chi connectivity index (χ2v) is 7.95. The number of nitrogens with one attached hydrogen (secondary N) is 1. The first kappa shape index (κ1) is 21.8. The minimum absolute atomic E-state index is 0.0871. The van der Waals surface area contributed by atoms with Crippen molar-refractivity contribution in [2.24, 2.45) is 0 Å². The average Bonchev–Trinajstić information content (AvgIpc) is 3.35. The molecule has 1 saturated heterocycles. The van der Waals surface area contributed by atoms with Crippen LogP contribution in [0.15, 0.2) is 65.3 Å². The third-order valence-electron chi connectivity index (χ3n) is 5.74. The van der Waals surface area contributed by atoms with Gasteiger partial charge in [0.1, 0.15) is 6.26 Å². The van der Waals surface area contributed by atoms with Gasteiger partial charge in [-0.1, -0.05) is 42.5 Å². The number of oxazole rings is 1. The number of amides is 2. The van der Waals surface area contributed by atoms with Crippen molar-refractivity contribution in [3.05, 3.63) is 77.7 Å². The largest absolute Gasteiger partial charge is 0.444 e. The van der Waals surface area contributed by atoms with Gasteiger partial charge in [0.05, 0.1) is 12.5 Å². The molecule has 7 nitrogen and oxygen atoms in total. The molecule has 7 heteroatoms. The fourth-order valence-corrected chi connectivity index (χ4v) is 3.87. The molecule has 1 aliphatic rings. The molecule has 2 N–H and O–H groups in total. The van der Waals surface area contributed by atoms with Gasteiger partial charge in [-0.25, -0.2) is 4.98 Å². The van der Waals surface area contributed by atoms with E-state index >= 15 is 0 Å². The number of piperidine rings is 1. The van der Waals surface area contributed by atoms with E-state index in [4.69, 9.17) is 4.42 Å². The van der Waals surface area contributed by atoms with Crippen molar-refractivity contribution >= 4 is 11.8 Å². The standard InChI is InChI=1S/C25H27N3O4/c29-16-21(19-7-3-1-4-8-19)23(30)26-15-18-9-11-20(12-10-18)24-27-22(17-32-24)25(31)28-13-5-2-6-14-28/h1,3-4,7-12,17,21,29H,2,5-6,13-16H2,(H,26,30). The van der Waals surface area contributed by atoms with Crippen molar-refractivity contribution in [3.63, 3.8) is 0 Å². The fraction of sp³-hybridized carbons (Fsp3) is 0.320. The van der Waals surface area contributed by atoms with E-state index < -0.39 is 5.92 Å². The van der Waals surface area contributed by atoms with E-state index in [9.17, 15) is 14.7 Å². The summed E-state index contributed by atoms with van der Waals surface area (Å²) in [5.41, 5.74) is 2.77. The van der Waals surface area contributed by atoms with Gasteiger partial charge in [-0.05, 0) is 42.5 Å². The van der Waals surface area contributed by atoms with Crippen molar-refractivity contribution < 1.29 is 19.1 Å². The van der Waals surface area contributed by atoms with Crippen LogP contribution in [0.1, 0.15) is 46.8 Å². The number of nitrogens with zero attached hydrogens (tertiary/aromatic N) is 2. The minimum atomic E-state index is -0.598. The van der Waals surface area contributed by atoms with Crippen LogP contribution in [0.4, 0.5) is 0 Å². The summed E-state index contributed by atoms with van der Waals surface area (Å²) < 4.78 is 5.54. The van der Waals surface area contributed by atoms with Crippen LogP contribution in [0.3, 0.4) is 0 Å². The van der Waals surface area contributed by atoms with Crippen LogP contribution in [-0.4, -0.2) is 46.5 Å². The third-order valence-corrected chi connectivity index (χ3v) is 5.74. The molecule has 3 aromatic rings. The molecule has 2 amide bonds. The number of aromatic nitrogens is 1. The number of hydrogen-bond donors (Lipinski definition) is 2. The van der Waals surface area contributed by atoms with Crippen LogP contribution in [0, 0.1) is 0 Å². The Morgan fingerprint density at radius 2 is 1.75 bits per heavy atom. The highest BCUT2D eigenvalue weighted by Crippen LogP contribution is 2.21. The Bertz CT molecular complexity index is 1040. The van der Waals surface area contributed by atoms with Crippen LogP contribution in [-0.2, 0) is 11.3 Å². The number of hydrogen-bond acceptors (Lipinski definition) is 5. The Balaban J connectivity index is 1.36. The first-order valence-electron chi connectivity index (χ1n) is 10.9. The Labute approximate surface area is 187 Å². The maximum Gasteiger partial charge on any atom is 0.275 e. The highest BCUT2D eigenvalue weighted by Gasteiger charge is 2.22. The normalized spacial score (nSPS) is 14.7. The Kier molecular flexibility index (Phi) is 6.97. The van der Waals surface area contributed by atoms with E-state index in [2.05, 4.69) is 10.3 Å². The van der Waals surface area contributed by atoms with Crippen molar-refractivity contribution in [1.29, 1.82) is 0 Å². The van der Waals surface area contributed by atoms with Gasteiger partial charge in [0, 0.05) is 25.2 Å². The average molecular weight is 434 g/mol. The summed E-state index contributed by atoms with van der Waals surface area (Å²) in [4.78, 5) is 31.3. The van der Waals surface area contributed by atoms with Gasteiger partial charge >= 0.3 is 0 Å². The van der Waals surface area contributed by atoms with E-state index in [-0.39, 0.29) is 18.4 Å². The quantitative estimate of drug-likeness (QED) is 0.596. The number of likely N-dealkylation sites (tertiary alicyclic amines) is 1. The molecule has 32 heavy (non-hydrogen) atoms. The molecular formula is C25H27N3O4. The minimum Gasteiger partial charge on any atom is -0.444 e. The van der Waals surface area contributed by atoms with Crippen LogP contribution < -0.4 is 5.32 Å². The molecule has 0 bridgehead atoms. The highest BCUT2D eigenvalue weighted by molar-refractivity contribution is 5.92. The lowest BCUT2D eigenvalue weighted by atomic mass is 9.99. The van der Waals surface area contributed by atoms with Gasteiger partial charge in [-0.2, -0.15) is 0 Å². The van der Waals surface area contributed by atoms with Gasteiger partial charge in [-0.15, -0.1) is 0 Å². The van der Waals surface area contributed by atoms with Crippen LogP contribution in [0.2, 0.25) is 0 Å². The van der Waals surface area contributed by atoms with Crippen LogP contribution >= 0.6 is 0 Å². The molecule has 1 unspecified atom stereocenters. The molecule has 0 aliphatic carbocycles. The van der Waals surface area contributed by atoms with E-state index in [1.807, 2.05) is 59.5 Å². The smallest absolute Gasteiger partial charge is 0.275 e. The molecule has 2 aromatic carbocycles. The van der Waals surface area contributed by atoms with Crippen LogP contribution in [0.5, 0.6) is 0 Å². The SMILES string of the molecule is O=C(NCc1ccc(-c2nc(C(=O)N3CCCCC3)co2)cc1)C(CO)c1ccccc1. The Morgan fingerprint density at radius 1 is 1.03 bits per heavy atom. The molecule has 166 valence electrons. The van der Waals surface area contributed by atoms with Crippen molar-refractivity contribution in [2.75, 3.05) is 19.7 Å².